The number of nitrogens with zero attached hydrogens (tertiary/aromatic N) is 3. The number of methoxy groups -OCH3 is 1. The van der Waals surface area contributed by atoms with Crippen molar-refractivity contribution in [3.05, 3.63) is 51.7 Å². The molecule has 0 unspecified atom stereocenters. The molecule has 0 amide bonds. The van der Waals surface area contributed by atoms with E-state index in [4.69, 9.17) is 0 Å². The fraction of sp³-hybridized carbons (Fsp3) is 0.316. The minimum absolute atomic E-state index is 0.00735. The standard InChI is InChI=1S/C19H17F3N4O4/c1-18(2,3)14(27)12-6-11(19(20,21)22)10(7-23-12)15-24-16(28)13-5-9(17(29)30-4)8-26(13)25-15/h5-8H,1-4H3,(H,24,25,28). The monoisotopic (exact) mass is 422 g/mol. The molecule has 158 valence electrons. The molecule has 3 heterocycles. The van der Waals surface area contributed by atoms with Crippen molar-refractivity contribution in [1.29, 1.82) is 0 Å². The van der Waals surface area contributed by atoms with E-state index in [2.05, 4.69) is 19.8 Å². The number of ether oxygens (including phenoxy) is 1. The molecule has 0 saturated heterocycles. The van der Waals surface area contributed by atoms with E-state index in [1.165, 1.54) is 6.07 Å². The van der Waals surface area contributed by atoms with Gasteiger partial charge in [0.15, 0.2) is 11.6 Å². The summed E-state index contributed by atoms with van der Waals surface area (Å²) >= 11 is 0. The lowest BCUT2D eigenvalue weighted by Crippen LogP contribution is -2.23. The molecule has 0 fully saturated rings. The Bertz CT molecular complexity index is 1220. The van der Waals surface area contributed by atoms with E-state index in [1.54, 1.807) is 20.8 Å². The highest BCUT2D eigenvalue weighted by atomic mass is 19.4. The van der Waals surface area contributed by atoms with Gasteiger partial charge in [0.2, 0.25) is 0 Å². The molecule has 0 bridgehead atoms. The number of hydrogen-bond acceptors (Lipinski definition) is 6. The highest BCUT2D eigenvalue weighted by Crippen LogP contribution is 2.36. The van der Waals surface area contributed by atoms with Gasteiger partial charge in [-0.1, -0.05) is 20.8 Å². The maximum atomic E-state index is 13.7. The van der Waals surface area contributed by atoms with Crippen LogP contribution < -0.4 is 5.56 Å². The molecule has 8 nitrogen and oxygen atoms in total. The van der Waals surface area contributed by atoms with Gasteiger partial charge >= 0.3 is 12.1 Å². The Hall–Kier alpha value is -3.50. The number of nitrogens with one attached hydrogen (secondary N) is 1. The number of alkyl halides is 3. The average Bonchev–Trinajstić information content (AvgIpc) is 3.09. The van der Waals surface area contributed by atoms with Crippen LogP contribution in [-0.4, -0.2) is 38.4 Å². The summed E-state index contributed by atoms with van der Waals surface area (Å²) < 4.78 is 46.7. The lowest BCUT2D eigenvalue weighted by Gasteiger charge is -2.18. The van der Waals surface area contributed by atoms with E-state index >= 15 is 0 Å². The molecule has 3 aromatic rings. The van der Waals surface area contributed by atoms with Crippen LogP contribution in [0.15, 0.2) is 29.3 Å². The smallest absolute Gasteiger partial charge is 0.417 e. The molecule has 3 aromatic heterocycles. The fourth-order valence-electron chi connectivity index (χ4n) is 2.75. The fourth-order valence-corrected chi connectivity index (χ4v) is 2.75. The van der Waals surface area contributed by atoms with E-state index in [0.29, 0.717) is 6.07 Å². The van der Waals surface area contributed by atoms with Gasteiger partial charge in [-0.25, -0.2) is 9.31 Å². The first kappa shape index (κ1) is 21.2. The summed E-state index contributed by atoms with van der Waals surface area (Å²) in [6.45, 7) is 4.70. The molecule has 0 saturated carbocycles. The Kier molecular flexibility index (Phi) is 5.01. The van der Waals surface area contributed by atoms with Crippen molar-refractivity contribution in [1.82, 2.24) is 19.6 Å². The number of Topliss-reactive ketones (excluding diaryl/α,β-unsaturated/α-hetero) is 1. The van der Waals surface area contributed by atoms with Crippen LogP contribution in [0.3, 0.4) is 0 Å². The van der Waals surface area contributed by atoms with Crippen LogP contribution in [0.4, 0.5) is 13.2 Å². The summed E-state index contributed by atoms with van der Waals surface area (Å²) in [5, 5.41) is 3.97. The van der Waals surface area contributed by atoms with Gasteiger partial charge in [0.05, 0.1) is 18.2 Å². The van der Waals surface area contributed by atoms with Gasteiger partial charge in [-0.3, -0.25) is 14.6 Å². The second kappa shape index (κ2) is 7.08. The molecule has 0 spiro atoms. The van der Waals surface area contributed by atoms with Crippen LogP contribution in [0, 0.1) is 5.41 Å². The SMILES string of the molecule is COC(=O)c1cc2c(=O)[nH]c(-c3cnc(C(=O)C(C)(C)C)cc3C(F)(F)F)nn2c1. The van der Waals surface area contributed by atoms with E-state index in [0.717, 1.165) is 24.0 Å². The van der Waals surface area contributed by atoms with Crippen LogP contribution in [0.25, 0.3) is 16.9 Å². The number of aromatic nitrogens is 4. The lowest BCUT2D eigenvalue weighted by molar-refractivity contribution is -0.137. The van der Waals surface area contributed by atoms with Crippen molar-refractivity contribution in [2.24, 2.45) is 5.41 Å². The molecule has 3 rings (SSSR count). The number of carbonyl (C=O) groups excluding carboxylic acids is 2. The highest BCUT2D eigenvalue weighted by Gasteiger charge is 2.37. The molecular weight excluding hydrogens is 405 g/mol. The first-order chi connectivity index (χ1) is 13.8. The Morgan fingerprint density at radius 2 is 1.83 bits per heavy atom. The largest absolute Gasteiger partial charge is 0.465 e. The van der Waals surface area contributed by atoms with Crippen molar-refractivity contribution in [2.75, 3.05) is 7.11 Å². The average molecular weight is 422 g/mol. The molecule has 1 N–H and O–H groups in total. The third-order valence-corrected chi connectivity index (χ3v) is 4.27. The van der Waals surface area contributed by atoms with Gasteiger partial charge in [0.1, 0.15) is 11.2 Å². The number of ketones is 1. The van der Waals surface area contributed by atoms with Gasteiger partial charge in [-0.15, -0.1) is 5.10 Å². The number of halogens is 3. The number of carbonyl (C=O) groups is 2. The molecule has 11 heteroatoms. The zero-order chi connectivity index (χ0) is 22.4. The quantitative estimate of drug-likeness (QED) is 0.514. The predicted octanol–water partition coefficient (Wildman–Crippen LogP) is 3.12. The summed E-state index contributed by atoms with van der Waals surface area (Å²) in [5.41, 5.74) is -3.78. The summed E-state index contributed by atoms with van der Waals surface area (Å²) in [5.74, 6) is -1.72. The Labute approximate surface area is 167 Å². The topological polar surface area (TPSA) is 106 Å². The van der Waals surface area contributed by atoms with Gasteiger partial charge in [-0.05, 0) is 12.1 Å². The van der Waals surface area contributed by atoms with E-state index in [-0.39, 0.29) is 16.8 Å². The zero-order valence-electron chi connectivity index (χ0n) is 16.4. The van der Waals surface area contributed by atoms with Crippen LogP contribution in [0.5, 0.6) is 0 Å². The maximum Gasteiger partial charge on any atom is 0.417 e. The molecule has 0 aromatic carbocycles. The van der Waals surface area contributed by atoms with Crippen molar-refractivity contribution in [3.8, 4) is 11.4 Å². The van der Waals surface area contributed by atoms with Gasteiger partial charge in [0, 0.05) is 23.4 Å². The van der Waals surface area contributed by atoms with Gasteiger partial charge < -0.3 is 9.72 Å². The second-order valence-electron chi connectivity index (χ2n) is 7.54. The number of fused-ring (bicyclic) bond motifs is 1. The number of pyridine rings is 1. The second-order valence-corrected chi connectivity index (χ2v) is 7.54. The summed E-state index contributed by atoms with van der Waals surface area (Å²) in [7, 11) is 1.15. The first-order valence-corrected chi connectivity index (χ1v) is 8.66. The third-order valence-electron chi connectivity index (χ3n) is 4.27. The minimum atomic E-state index is -4.84. The Balaban J connectivity index is 2.22. The van der Waals surface area contributed by atoms with Crippen LogP contribution >= 0.6 is 0 Å². The zero-order valence-corrected chi connectivity index (χ0v) is 16.4. The van der Waals surface area contributed by atoms with Crippen molar-refractivity contribution < 1.29 is 27.5 Å². The van der Waals surface area contributed by atoms with Crippen molar-refractivity contribution in [2.45, 2.75) is 26.9 Å². The Morgan fingerprint density at radius 1 is 1.17 bits per heavy atom. The third kappa shape index (κ3) is 3.82. The number of esters is 1. The van der Waals surface area contributed by atoms with Gasteiger partial charge in [0.25, 0.3) is 5.56 Å². The number of hydrogen-bond donors (Lipinski definition) is 1. The predicted molar refractivity (Wildman–Crippen MR) is 99.2 cm³/mol. The molecule has 30 heavy (non-hydrogen) atoms. The van der Waals surface area contributed by atoms with Crippen LogP contribution in [0.1, 0.15) is 47.2 Å². The van der Waals surface area contributed by atoms with Crippen molar-refractivity contribution in [3.63, 3.8) is 0 Å². The van der Waals surface area contributed by atoms with Crippen LogP contribution in [0.2, 0.25) is 0 Å². The highest BCUT2D eigenvalue weighted by molar-refractivity contribution is 5.98. The molecule has 0 aliphatic carbocycles. The van der Waals surface area contributed by atoms with Crippen LogP contribution in [-0.2, 0) is 10.9 Å². The maximum absolute atomic E-state index is 13.7. The molecular formula is C19H17F3N4O4. The summed E-state index contributed by atoms with van der Waals surface area (Å²) in [6.07, 6.45) is -2.83. The summed E-state index contributed by atoms with van der Waals surface area (Å²) in [4.78, 5) is 42.5. The normalized spacial score (nSPS) is 12.2. The minimum Gasteiger partial charge on any atom is -0.465 e. The van der Waals surface area contributed by atoms with Gasteiger partial charge in [-0.2, -0.15) is 13.2 Å². The van der Waals surface area contributed by atoms with E-state index in [9.17, 15) is 27.6 Å². The Morgan fingerprint density at radius 3 is 2.40 bits per heavy atom. The summed E-state index contributed by atoms with van der Waals surface area (Å²) in [6, 6.07) is 1.85. The number of rotatable bonds is 3. The van der Waals surface area contributed by atoms with E-state index in [1.807, 2.05) is 0 Å². The number of H-pyrrole nitrogens is 1. The molecule has 0 aliphatic heterocycles. The molecule has 0 aliphatic rings. The van der Waals surface area contributed by atoms with E-state index < -0.39 is 45.9 Å². The lowest BCUT2D eigenvalue weighted by atomic mass is 9.88. The molecule has 0 atom stereocenters. The number of aromatic amines is 1. The first-order valence-electron chi connectivity index (χ1n) is 8.66. The van der Waals surface area contributed by atoms with Crippen molar-refractivity contribution >= 4 is 17.3 Å². The molecule has 0 radical (unpaired) electrons.